The van der Waals surface area contributed by atoms with Crippen molar-refractivity contribution in [2.75, 3.05) is 19.0 Å². The molecular formula is C18H15FN4OS. The molecule has 3 heterocycles. The number of nitrogens with zero attached hydrogens (tertiary/aromatic N) is 4. The summed E-state index contributed by atoms with van der Waals surface area (Å²) in [7, 11) is 3.88. The predicted octanol–water partition coefficient (Wildman–Crippen LogP) is 3.51. The second-order valence-corrected chi connectivity index (χ2v) is 7.04. The zero-order valence-corrected chi connectivity index (χ0v) is 14.8. The molecule has 1 aromatic carbocycles. The number of pyridine rings is 1. The van der Waals surface area contributed by atoms with Crippen molar-refractivity contribution in [1.82, 2.24) is 14.5 Å². The smallest absolute Gasteiger partial charge is 0.275 e. The van der Waals surface area contributed by atoms with Gasteiger partial charge in [-0.3, -0.25) is 9.36 Å². The second kappa shape index (κ2) is 5.63. The third kappa shape index (κ3) is 2.39. The van der Waals surface area contributed by atoms with E-state index < -0.39 is 0 Å². The number of halogens is 1. The van der Waals surface area contributed by atoms with Gasteiger partial charge in [0.2, 0.25) is 0 Å². The summed E-state index contributed by atoms with van der Waals surface area (Å²) in [6.45, 7) is 1.68. The molecule has 0 saturated carbocycles. The molecule has 7 heteroatoms. The number of anilines is 1. The van der Waals surface area contributed by atoms with E-state index in [1.807, 2.05) is 25.1 Å². The largest absolute Gasteiger partial charge is 0.377 e. The maximum absolute atomic E-state index is 13.9. The van der Waals surface area contributed by atoms with Gasteiger partial charge in [-0.05, 0) is 30.7 Å². The first-order valence-electron chi connectivity index (χ1n) is 7.70. The van der Waals surface area contributed by atoms with Crippen LogP contribution in [0.25, 0.3) is 26.1 Å². The van der Waals surface area contributed by atoms with Gasteiger partial charge in [-0.1, -0.05) is 6.07 Å². The molecule has 0 unspecified atom stereocenters. The van der Waals surface area contributed by atoms with E-state index in [4.69, 9.17) is 0 Å². The number of aryl methyl sites for hydroxylation is 1. The van der Waals surface area contributed by atoms with Gasteiger partial charge < -0.3 is 4.90 Å². The van der Waals surface area contributed by atoms with Crippen LogP contribution in [0.1, 0.15) is 5.56 Å². The number of aromatic nitrogens is 3. The highest BCUT2D eigenvalue weighted by Crippen LogP contribution is 2.35. The Kier molecular flexibility index (Phi) is 3.54. The lowest BCUT2D eigenvalue weighted by Crippen LogP contribution is -2.18. The summed E-state index contributed by atoms with van der Waals surface area (Å²) in [6.07, 6.45) is 3.17. The maximum atomic E-state index is 13.9. The summed E-state index contributed by atoms with van der Waals surface area (Å²) < 4.78 is 15.8. The van der Waals surface area contributed by atoms with Crippen LogP contribution in [0.2, 0.25) is 0 Å². The molecule has 0 aliphatic heterocycles. The minimum Gasteiger partial charge on any atom is -0.377 e. The minimum atomic E-state index is -0.350. The normalized spacial score (nSPS) is 11.4. The lowest BCUT2D eigenvalue weighted by molar-refractivity contribution is 0.617. The molecule has 5 nitrogen and oxygen atoms in total. The number of thiophene rings is 1. The summed E-state index contributed by atoms with van der Waals surface area (Å²) >= 11 is 1.31. The molecular weight excluding hydrogens is 339 g/mol. The van der Waals surface area contributed by atoms with Crippen LogP contribution < -0.4 is 10.5 Å². The van der Waals surface area contributed by atoms with Crippen molar-refractivity contribution in [3.63, 3.8) is 0 Å². The zero-order valence-electron chi connectivity index (χ0n) is 13.9. The van der Waals surface area contributed by atoms with Gasteiger partial charge in [0, 0.05) is 20.3 Å². The van der Waals surface area contributed by atoms with Gasteiger partial charge in [-0.2, -0.15) is 0 Å². The molecule has 0 aliphatic carbocycles. The number of hydrogen-bond donors (Lipinski definition) is 0. The summed E-state index contributed by atoms with van der Waals surface area (Å²) in [5, 5.41) is 0.867. The van der Waals surface area contributed by atoms with Gasteiger partial charge in [0.05, 0.1) is 22.3 Å². The van der Waals surface area contributed by atoms with E-state index in [0.717, 1.165) is 15.9 Å². The molecule has 0 bridgehead atoms. The molecule has 0 radical (unpaired) electrons. The molecule has 0 atom stereocenters. The summed E-state index contributed by atoms with van der Waals surface area (Å²) in [5.41, 5.74) is 2.36. The molecule has 0 fully saturated rings. The van der Waals surface area contributed by atoms with Crippen molar-refractivity contribution in [2.45, 2.75) is 6.92 Å². The van der Waals surface area contributed by atoms with Crippen molar-refractivity contribution in [3.8, 4) is 5.69 Å². The number of benzene rings is 1. The Bertz CT molecular complexity index is 1180. The summed E-state index contributed by atoms with van der Waals surface area (Å²) in [4.78, 5) is 24.5. The third-order valence-electron chi connectivity index (χ3n) is 4.18. The van der Waals surface area contributed by atoms with Crippen molar-refractivity contribution in [3.05, 3.63) is 58.5 Å². The van der Waals surface area contributed by atoms with Gasteiger partial charge in [-0.15, -0.1) is 11.3 Å². The quantitative estimate of drug-likeness (QED) is 0.553. The molecule has 4 rings (SSSR count). The molecule has 0 N–H and O–H groups in total. The average molecular weight is 354 g/mol. The molecule has 0 spiro atoms. The third-order valence-corrected chi connectivity index (χ3v) is 5.25. The van der Waals surface area contributed by atoms with Gasteiger partial charge >= 0.3 is 0 Å². The highest BCUT2D eigenvalue weighted by atomic mass is 32.1. The second-order valence-electron chi connectivity index (χ2n) is 6.04. The minimum absolute atomic E-state index is 0.221. The molecule has 126 valence electrons. The first kappa shape index (κ1) is 15.7. The van der Waals surface area contributed by atoms with E-state index in [1.165, 1.54) is 28.3 Å². The van der Waals surface area contributed by atoms with Crippen molar-refractivity contribution in [1.29, 1.82) is 0 Å². The number of fused-ring (bicyclic) bond motifs is 3. The van der Waals surface area contributed by atoms with Crippen molar-refractivity contribution < 1.29 is 4.39 Å². The standard InChI is InChI=1S/C18H15FN4OS/c1-10-4-5-11(8-12(10)19)23-9-21-15-14-13(22(2)3)6-7-20-17(14)25-16(15)18(23)24/h4-9H,1-3H3. The molecule has 0 saturated heterocycles. The lowest BCUT2D eigenvalue weighted by Gasteiger charge is -2.13. The molecule has 4 aromatic rings. The SMILES string of the molecule is Cc1ccc(-n2cnc3c(sc4nccc(N(C)C)c43)c2=O)cc1F. The van der Waals surface area contributed by atoms with Crippen LogP contribution >= 0.6 is 11.3 Å². The van der Waals surface area contributed by atoms with Gasteiger partial charge in [0.15, 0.2) is 0 Å². The Morgan fingerprint density at radius 1 is 1.20 bits per heavy atom. The number of hydrogen-bond acceptors (Lipinski definition) is 5. The molecule has 3 aromatic heterocycles. The van der Waals surface area contributed by atoms with Crippen LogP contribution in [0, 0.1) is 12.7 Å². The van der Waals surface area contributed by atoms with E-state index in [9.17, 15) is 9.18 Å². The van der Waals surface area contributed by atoms with Gasteiger partial charge in [0.1, 0.15) is 21.7 Å². The Hall–Kier alpha value is -2.80. The van der Waals surface area contributed by atoms with Crippen molar-refractivity contribution >= 4 is 37.5 Å². The first-order valence-corrected chi connectivity index (χ1v) is 8.51. The van der Waals surface area contributed by atoms with Crippen LogP contribution in [0.4, 0.5) is 10.1 Å². The summed E-state index contributed by atoms with van der Waals surface area (Å²) in [5.74, 6) is -0.350. The highest BCUT2D eigenvalue weighted by Gasteiger charge is 2.17. The fourth-order valence-corrected chi connectivity index (χ4v) is 3.87. The van der Waals surface area contributed by atoms with Crippen LogP contribution in [0.15, 0.2) is 41.6 Å². The highest BCUT2D eigenvalue weighted by molar-refractivity contribution is 7.25. The fraction of sp³-hybridized carbons (Fsp3) is 0.167. The van der Waals surface area contributed by atoms with E-state index in [0.29, 0.717) is 21.5 Å². The van der Waals surface area contributed by atoms with Gasteiger partial charge in [0.25, 0.3) is 5.56 Å². The molecule has 0 aliphatic rings. The monoisotopic (exact) mass is 354 g/mol. The Morgan fingerprint density at radius 2 is 2.00 bits per heavy atom. The lowest BCUT2D eigenvalue weighted by atomic mass is 10.2. The van der Waals surface area contributed by atoms with E-state index >= 15 is 0 Å². The van der Waals surface area contributed by atoms with Crippen LogP contribution in [-0.4, -0.2) is 28.6 Å². The first-order chi connectivity index (χ1) is 12.0. The molecule has 25 heavy (non-hydrogen) atoms. The fourth-order valence-electron chi connectivity index (χ4n) is 2.83. The zero-order chi connectivity index (χ0) is 17.7. The average Bonchev–Trinajstić information content (AvgIpc) is 2.97. The topological polar surface area (TPSA) is 51.0 Å². The Labute approximate surface area is 147 Å². The van der Waals surface area contributed by atoms with Gasteiger partial charge in [-0.25, -0.2) is 14.4 Å². The number of rotatable bonds is 2. The Morgan fingerprint density at radius 3 is 2.72 bits per heavy atom. The summed E-state index contributed by atoms with van der Waals surface area (Å²) in [6, 6.07) is 6.61. The predicted molar refractivity (Wildman–Crippen MR) is 99.5 cm³/mol. The van der Waals surface area contributed by atoms with E-state index in [2.05, 4.69) is 9.97 Å². The maximum Gasteiger partial charge on any atom is 0.275 e. The van der Waals surface area contributed by atoms with E-state index in [1.54, 1.807) is 25.3 Å². The van der Waals surface area contributed by atoms with Crippen molar-refractivity contribution in [2.24, 2.45) is 0 Å². The van der Waals surface area contributed by atoms with Crippen LogP contribution in [0.5, 0.6) is 0 Å². The van der Waals surface area contributed by atoms with E-state index in [-0.39, 0.29) is 11.4 Å². The Balaban J connectivity index is 2.03. The van der Waals surface area contributed by atoms with Crippen LogP contribution in [0.3, 0.4) is 0 Å². The molecule has 0 amide bonds. The van der Waals surface area contributed by atoms with Crippen LogP contribution in [-0.2, 0) is 0 Å².